The maximum atomic E-state index is 12.3. The number of carbonyl (C=O) groups excluding carboxylic acids is 2. The minimum Gasteiger partial charge on any atom is -0.328 e. The summed E-state index contributed by atoms with van der Waals surface area (Å²) in [6, 6.07) is 16.5. The lowest BCUT2D eigenvalue weighted by Gasteiger charge is -2.17. The highest BCUT2D eigenvalue weighted by Crippen LogP contribution is 2.20. The molecule has 26 heavy (non-hydrogen) atoms. The second kappa shape index (κ2) is 7.57. The zero-order chi connectivity index (χ0) is 18.5. The van der Waals surface area contributed by atoms with Gasteiger partial charge >= 0.3 is 0 Å². The average molecular weight is 346 g/mol. The van der Waals surface area contributed by atoms with E-state index in [-0.39, 0.29) is 17.4 Å². The summed E-state index contributed by atoms with van der Waals surface area (Å²) in [6.07, 6.45) is 2.99. The number of nitrogens with zero attached hydrogens (tertiary/aromatic N) is 3. The van der Waals surface area contributed by atoms with Crippen LogP contribution in [0.2, 0.25) is 0 Å². The van der Waals surface area contributed by atoms with Crippen molar-refractivity contribution in [1.29, 1.82) is 0 Å². The van der Waals surface area contributed by atoms with Crippen molar-refractivity contribution < 1.29 is 9.59 Å². The van der Waals surface area contributed by atoms with Gasteiger partial charge in [0.1, 0.15) is 5.69 Å². The Bertz CT molecular complexity index is 907. The summed E-state index contributed by atoms with van der Waals surface area (Å²) in [6.45, 7) is 1.50. The minimum absolute atomic E-state index is 0.0214. The lowest BCUT2D eigenvalue weighted by atomic mass is 10.1. The van der Waals surface area contributed by atoms with E-state index in [2.05, 4.69) is 15.3 Å². The van der Waals surface area contributed by atoms with Crippen LogP contribution in [0.5, 0.6) is 0 Å². The number of ketones is 1. The number of Topliss-reactive ketones (excluding diaryl/α,β-unsaturated/α-hetero) is 1. The number of rotatable bonds is 5. The standard InChI is InChI=1S/C20H18N4O2/c1-14(25)15-8-10-16(11-9-15)23-20(26)18-12-22-19(13-21-18)24(2)17-6-4-3-5-7-17/h3-13H,1-2H3,(H,23,26). The fraction of sp³-hybridized carbons (Fsp3) is 0.100. The van der Waals surface area contributed by atoms with Crippen molar-refractivity contribution >= 4 is 28.9 Å². The van der Waals surface area contributed by atoms with Gasteiger partial charge in [0.05, 0.1) is 12.4 Å². The normalized spacial score (nSPS) is 10.2. The zero-order valence-electron chi connectivity index (χ0n) is 14.5. The Kier molecular flexibility index (Phi) is 5.03. The van der Waals surface area contributed by atoms with E-state index in [1.807, 2.05) is 42.3 Å². The summed E-state index contributed by atoms with van der Waals surface area (Å²) in [5, 5.41) is 2.74. The topological polar surface area (TPSA) is 75.2 Å². The molecule has 0 saturated heterocycles. The van der Waals surface area contributed by atoms with E-state index in [1.165, 1.54) is 13.1 Å². The number of carbonyl (C=O) groups is 2. The van der Waals surface area contributed by atoms with Crippen LogP contribution in [0.15, 0.2) is 67.0 Å². The van der Waals surface area contributed by atoms with Gasteiger partial charge in [-0.1, -0.05) is 18.2 Å². The fourth-order valence-electron chi connectivity index (χ4n) is 2.38. The predicted molar refractivity (Wildman–Crippen MR) is 101 cm³/mol. The van der Waals surface area contributed by atoms with Gasteiger partial charge in [0.2, 0.25) is 0 Å². The third-order valence-corrected chi connectivity index (χ3v) is 3.91. The van der Waals surface area contributed by atoms with Crippen molar-refractivity contribution in [1.82, 2.24) is 9.97 Å². The maximum absolute atomic E-state index is 12.3. The third-order valence-electron chi connectivity index (χ3n) is 3.91. The van der Waals surface area contributed by atoms with E-state index < -0.39 is 0 Å². The van der Waals surface area contributed by atoms with Crippen LogP contribution in [0.4, 0.5) is 17.2 Å². The summed E-state index contributed by atoms with van der Waals surface area (Å²) < 4.78 is 0. The van der Waals surface area contributed by atoms with Crippen LogP contribution < -0.4 is 10.2 Å². The molecular weight excluding hydrogens is 328 g/mol. The van der Waals surface area contributed by atoms with Gasteiger partial charge < -0.3 is 10.2 Å². The molecule has 0 bridgehead atoms. The molecule has 0 atom stereocenters. The van der Waals surface area contributed by atoms with Gasteiger partial charge in [-0.3, -0.25) is 9.59 Å². The molecule has 3 rings (SSSR count). The van der Waals surface area contributed by atoms with Crippen LogP contribution in [0.25, 0.3) is 0 Å². The second-order valence-electron chi connectivity index (χ2n) is 5.74. The van der Waals surface area contributed by atoms with Gasteiger partial charge in [0.15, 0.2) is 11.6 Å². The molecule has 3 aromatic rings. The first-order chi connectivity index (χ1) is 12.5. The van der Waals surface area contributed by atoms with Gasteiger partial charge in [-0.05, 0) is 43.3 Å². The third kappa shape index (κ3) is 3.92. The molecule has 0 aliphatic rings. The molecule has 0 radical (unpaired) electrons. The molecule has 0 saturated carbocycles. The molecule has 1 aromatic heterocycles. The number of hydrogen-bond donors (Lipinski definition) is 1. The molecule has 0 aliphatic heterocycles. The number of nitrogens with one attached hydrogen (secondary N) is 1. The van der Waals surface area contributed by atoms with Crippen LogP contribution in [-0.2, 0) is 0 Å². The Morgan fingerprint density at radius 2 is 1.62 bits per heavy atom. The van der Waals surface area contributed by atoms with Crippen molar-refractivity contribution in [2.75, 3.05) is 17.3 Å². The summed E-state index contributed by atoms with van der Waals surface area (Å²) in [4.78, 5) is 34.0. The van der Waals surface area contributed by atoms with Crippen LogP contribution in [0.1, 0.15) is 27.8 Å². The van der Waals surface area contributed by atoms with Gasteiger partial charge in [0.25, 0.3) is 5.91 Å². The Morgan fingerprint density at radius 3 is 2.19 bits per heavy atom. The quantitative estimate of drug-likeness (QED) is 0.713. The Labute approximate surface area is 151 Å². The number of anilines is 3. The number of hydrogen-bond acceptors (Lipinski definition) is 5. The molecule has 1 heterocycles. The van der Waals surface area contributed by atoms with Crippen LogP contribution in [-0.4, -0.2) is 28.7 Å². The first-order valence-corrected chi connectivity index (χ1v) is 8.08. The molecule has 0 spiro atoms. The van der Waals surface area contributed by atoms with Gasteiger partial charge in [-0.25, -0.2) is 9.97 Å². The first kappa shape index (κ1) is 17.3. The highest BCUT2D eigenvalue weighted by Gasteiger charge is 2.11. The molecule has 2 aromatic carbocycles. The Morgan fingerprint density at radius 1 is 0.923 bits per heavy atom. The largest absolute Gasteiger partial charge is 0.328 e. The number of benzene rings is 2. The van der Waals surface area contributed by atoms with E-state index in [0.717, 1.165) is 5.69 Å². The molecule has 130 valence electrons. The van der Waals surface area contributed by atoms with Crippen LogP contribution >= 0.6 is 0 Å². The molecule has 1 N–H and O–H groups in total. The van der Waals surface area contributed by atoms with Crippen molar-refractivity contribution in [2.45, 2.75) is 6.92 Å². The lowest BCUT2D eigenvalue weighted by Crippen LogP contribution is -2.16. The molecular formula is C20H18N4O2. The summed E-state index contributed by atoms with van der Waals surface area (Å²) >= 11 is 0. The molecule has 0 aliphatic carbocycles. The maximum Gasteiger partial charge on any atom is 0.275 e. The number of aromatic nitrogens is 2. The monoisotopic (exact) mass is 346 g/mol. The van der Waals surface area contributed by atoms with Crippen LogP contribution in [0, 0.1) is 0 Å². The number of para-hydroxylation sites is 1. The molecule has 6 nitrogen and oxygen atoms in total. The average Bonchev–Trinajstić information content (AvgIpc) is 2.68. The van der Waals surface area contributed by atoms with Crippen molar-refractivity contribution in [3.8, 4) is 0 Å². The van der Waals surface area contributed by atoms with E-state index in [1.54, 1.807) is 30.5 Å². The van der Waals surface area contributed by atoms with E-state index in [9.17, 15) is 9.59 Å². The van der Waals surface area contributed by atoms with E-state index >= 15 is 0 Å². The molecule has 1 amide bonds. The second-order valence-corrected chi connectivity index (χ2v) is 5.74. The van der Waals surface area contributed by atoms with Crippen molar-refractivity contribution in [3.63, 3.8) is 0 Å². The lowest BCUT2D eigenvalue weighted by molar-refractivity contribution is 0.101. The van der Waals surface area contributed by atoms with E-state index in [0.29, 0.717) is 17.1 Å². The smallest absolute Gasteiger partial charge is 0.275 e. The van der Waals surface area contributed by atoms with Gasteiger partial charge in [-0.15, -0.1) is 0 Å². The summed E-state index contributed by atoms with van der Waals surface area (Å²) in [5.41, 5.74) is 2.37. The fourth-order valence-corrected chi connectivity index (χ4v) is 2.38. The Balaban J connectivity index is 1.69. The number of amides is 1. The zero-order valence-corrected chi connectivity index (χ0v) is 14.5. The van der Waals surface area contributed by atoms with Gasteiger partial charge in [0, 0.05) is 24.0 Å². The minimum atomic E-state index is -0.359. The van der Waals surface area contributed by atoms with Gasteiger partial charge in [-0.2, -0.15) is 0 Å². The van der Waals surface area contributed by atoms with Crippen molar-refractivity contribution in [3.05, 3.63) is 78.2 Å². The highest BCUT2D eigenvalue weighted by molar-refractivity contribution is 6.03. The molecule has 6 heteroatoms. The SMILES string of the molecule is CC(=O)c1ccc(NC(=O)c2cnc(N(C)c3ccccc3)cn2)cc1. The van der Waals surface area contributed by atoms with E-state index in [4.69, 9.17) is 0 Å². The predicted octanol–water partition coefficient (Wildman–Crippen LogP) is 3.70. The highest BCUT2D eigenvalue weighted by atomic mass is 16.2. The summed E-state index contributed by atoms with van der Waals surface area (Å²) in [5.74, 6) is 0.257. The van der Waals surface area contributed by atoms with Crippen molar-refractivity contribution in [2.24, 2.45) is 0 Å². The first-order valence-electron chi connectivity index (χ1n) is 8.08. The Hall–Kier alpha value is -3.54. The molecule has 0 fully saturated rings. The molecule has 0 unspecified atom stereocenters. The van der Waals surface area contributed by atoms with Crippen LogP contribution in [0.3, 0.4) is 0 Å². The summed E-state index contributed by atoms with van der Waals surface area (Å²) in [7, 11) is 1.88.